The molecule has 0 aliphatic carbocycles. The summed E-state index contributed by atoms with van der Waals surface area (Å²) in [4.78, 5) is 12.3. The Hall–Kier alpha value is -1.32. The largest absolute Gasteiger partial charge is 0.394 e. The maximum atomic E-state index is 10.0. The maximum absolute atomic E-state index is 10.0. The summed E-state index contributed by atoms with van der Waals surface area (Å²) < 4.78 is 6.91. The van der Waals surface area contributed by atoms with Gasteiger partial charge in [0.25, 0.3) is 0 Å². The molecule has 2 aromatic heterocycles. The first-order chi connectivity index (χ1) is 11.5. The Kier molecular flexibility index (Phi) is 7.98. The summed E-state index contributed by atoms with van der Waals surface area (Å²) in [6.07, 6.45) is -2.71. The van der Waals surface area contributed by atoms with Crippen molar-refractivity contribution < 1.29 is 20.1 Å². The van der Waals surface area contributed by atoms with Gasteiger partial charge in [-0.15, -0.1) is 0 Å². The minimum atomic E-state index is -1.20. The molecule has 0 spiro atoms. The number of imidazole rings is 1. The Bertz CT molecular complexity index is 652. The maximum Gasteiger partial charge on any atom is 0.167 e. The van der Waals surface area contributed by atoms with E-state index in [0.717, 1.165) is 0 Å². The van der Waals surface area contributed by atoms with Crippen molar-refractivity contribution in [3.63, 3.8) is 0 Å². The predicted octanol–water partition coefficient (Wildman–Crippen LogP) is 1.45. The second-order valence-electron chi connectivity index (χ2n) is 4.61. The number of aliphatic hydroxyl groups is 3. The van der Waals surface area contributed by atoms with Crippen LogP contribution < -0.4 is 0 Å². The number of aliphatic hydroxyl groups excluding tert-OH is 3. The molecule has 1 unspecified atom stereocenters. The van der Waals surface area contributed by atoms with Crippen molar-refractivity contribution in [2.75, 3.05) is 6.61 Å². The molecule has 0 bridgehead atoms. The van der Waals surface area contributed by atoms with E-state index in [1.807, 2.05) is 27.7 Å². The Balaban J connectivity index is 0.000000671. The SMILES string of the molecule is CC.CC.Cc1nc(Cl)c2ncn(C3O[C@H](CO)[C@@H](O)[C@H]3O)c2n1. The van der Waals surface area contributed by atoms with E-state index in [2.05, 4.69) is 15.0 Å². The van der Waals surface area contributed by atoms with Gasteiger partial charge in [-0.1, -0.05) is 39.3 Å². The highest BCUT2D eigenvalue weighted by Crippen LogP contribution is 2.32. The van der Waals surface area contributed by atoms with Crippen LogP contribution in [0.1, 0.15) is 39.7 Å². The summed E-state index contributed by atoms with van der Waals surface area (Å²) in [7, 11) is 0. The Labute approximate surface area is 146 Å². The average Bonchev–Trinajstić information content (AvgIpc) is 3.13. The van der Waals surface area contributed by atoms with Crippen LogP contribution in [0, 0.1) is 6.92 Å². The number of hydrogen-bond donors (Lipinski definition) is 3. The van der Waals surface area contributed by atoms with E-state index >= 15 is 0 Å². The third-order valence-electron chi connectivity index (χ3n) is 3.28. The van der Waals surface area contributed by atoms with Gasteiger partial charge in [0, 0.05) is 0 Å². The lowest BCUT2D eigenvalue weighted by molar-refractivity contribution is -0.0511. The smallest absolute Gasteiger partial charge is 0.167 e. The molecular weight excluding hydrogens is 336 g/mol. The van der Waals surface area contributed by atoms with Crippen LogP contribution in [0.25, 0.3) is 11.2 Å². The summed E-state index contributed by atoms with van der Waals surface area (Å²) >= 11 is 5.98. The molecule has 1 aliphatic rings. The van der Waals surface area contributed by atoms with Crippen LogP contribution in [0.4, 0.5) is 0 Å². The van der Waals surface area contributed by atoms with Gasteiger partial charge < -0.3 is 20.1 Å². The number of nitrogens with zero attached hydrogens (tertiary/aromatic N) is 4. The summed E-state index contributed by atoms with van der Waals surface area (Å²) in [6.45, 7) is 9.29. The van der Waals surface area contributed by atoms with E-state index < -0.39 is 31.1 Å². The van der Waals surface area contributed by atoms with Crippen LogP contribution in [0.5, 0.6) is 0 Å². The zero-order chi connectivity index (χ0) is 18.4. The molecule has 1 aliphatic heterocycles. The molecule has 9 heteroatoms. The molecule has 1 fully saturated rings. The topological polar surface area (TPSA) is 114 Å². The molecule has 8 nitrogen and oxygen atoms in total. The second kappa shape index (κ2) is 9.24. The van der Waals surface area contributed by atoms with Gasteiger partial charge in [0.15, 0.2) is 17.0 Å². The minimum Gasteiger partial charge on any atom is -0.394 e. The highest BCUT2D eigenvalue weighted by molar-refractivity contribution is 6.33. The van der Waals surface area contributed by atoms with Gasteiger partial charge >= 0.3 is 0 Å². The van der Waals surface area contributed by atoms with Crippen molar-refractivity contribution in [3.8, 4) is 0 Å². The van der Waals surface area contributed by atoms with Crippen LogP contribution in [0.3, 0.4) is 0 Å². The first-order valence-electron chi connectivity index (χ1n) is 8.02. The normalized spacial score (nSPS) is 25.7. The van der Waals surface area contributed by atoms with Gasteiger partial charge in [0.2, 0.25) is 0 Å². The third kappa shape index (κ3) is 3.84. The number of aryl methyl sites for hydroxylation is 1. The molecule has 0 amide bonds. The zero-order valence-corrected chi connectivity index (χ0v) is 15.3. The predicted molar refractivity (Wildman–Crippen MR) is 90.8 cm³/mol. The number of halogens is 1. The molecule has 0 radical (unpaired) electrons. The number of fused-ring (bicyclic) bond motifs is 1. The Morgan fingerprint density at radius 1 is 1.17 bits per heavy atom. The zero-order valence-electron chi connectivity index (χ0n) is 14.5. The minimum absolute atomic E-state index is 0.206. The fraction of sp³-hybridized carbons (Fsp3) is 0.667. The molecule has 4 atom stereocenters. The van der Waals surface area contributed by atoms with Gasteiger partial charge in [-0.3, -0.25) is 4.57 Å². The molecule has 1 saturated heterocycles. The number of aromatic nitrogens is 4. The second-order valence-corrected chi connectivity index (χ2v) is 4.97. The fourth-order valence-corrected chi connectivity index (χ4v) is 2.54. The lowest BCUT2D eigenvalue weighted by Crippen LogP contribution is -2.33. The highest BCUT2D eigenvalue weighted by Gasteiger charge is 2.44. The summed E-state index contributed by atoms with van der Waals surface area (Å²) in [5.74, 6) is 0.455. The fourth-order valence-electron chi connectivity index (χ4n) is 2.28. The van der Waals surface area contributed by atoms with Crippen molar-refractivity contribution in [1.82, 2.24) is 19.5 Å². The van der Waals surface area contributed by atoms with Crippen LogP contribution in [0.15, 0.2) is 6.33 Å². The number of hydrogen-bond acceptors (Lipinski definition) is 7. The molecule has 136 valence electrons. The van der Waals surface area contributed by atoms with Gasteiger partial charge in [-0.2, -0.15) is 0 Å². The van der Waals surface area contributed by atoms with Crippen LogP contribution in [0.2, 0.25) is 5.15 Å². The van der Waals surface area contributed by atoms with Crippen LogP contribution in [-0.4, -0.2) is 59.8 Å². The van der Waals surface area contributed by atoms with E-state index in [1.54, 1.807) is 6.92 Å². The summed E-state index contributed by atoms with van der Waals surface area (Å²) in [5, 5.41) is 29.1. The molecule has 24 heavy (non-hydrogen) atoms. The number of rotatable bonds is 2. The Morgan fingerprint density at radius 2 is 1.79 bits per heavy atom. The van der Waals surface area contributed by atoms with E-state index in [1.165, 1.54) is 10.9 Å². The molecule has 3 N–H and O–H groups in total. The standard InChI is InChI=1S/C11H13ClN4O4.2C2H6/c1-4-14-9(12)6-10(15-4)16(3-13-6)11-8(19)7(18)5(2-17)20-11;2*1-2/h3,5,7-8,11,17-19H,2H2,1H3;2*1-2H3/t5-,7-,8-,11?;;/m1../s1. The molecule has 0 aromatic carbocycles. The number of ether oxygens (including phenoxy) is 1. The highest BCUT2D eigenvalue weighted by atomic mass is 35.5. The lowest BCUT2D eigenvalue weighted by atomic mass is 10.1. The van der Waals surface area contributed by atoms with E-state index in [4.69, 9.17) is 21.4 Å². The van der Waals surface area contributed by atoms with Gasteiger partial charge in [-0.25, -0.2) is 15.0 Å². The molecule has 3 rings (SSSR count). The quantitative estimate of drug-likeness (QED) is 0.694. The van der Waals surface area contributed by atoms with Crippen molar-refractivity contribution in [2.24, 2.45) is 0 Å². The van der Waals surface area contributed by atoms with Crippen molar-refractivity contribution >= 4 is 22.8 Å². The molecule has 2 aromatic rings. The van der Waals surface area contributed by atoms with Crippen LogP contribution >= 0.6 is 11.6 Å². The van der Waals surface area contributed by atoms with Gasteiger partial charge in [0.1, 0.15) is 29.7 Å². The lowest BCUT2D eigenvalue weighted by Gasteiger charge is -2.16. The molecule has 3 heterocycles. The van der Waals surface area contributed by atoms with Crippen molar-refractivity contribution in [1.29, 1.82) is 0 Å². The third-order valence-corrected chi connectivity index (χ3v) is 3.55. The van der Waals surface area contributed by atoms with Crippen molar-refractivity contribution in [2.45, 2.75) is 59.2 Å². The van der Waals surface area contributed by atoms with Crippen LogP contribution in [-0.2, 0) is 4.74 Å². The first-order valence-corrected chi connectivity index (χ1v) is 8.40. The first kappa shape index (κ1) is 20.7. The van der Waals surface area contributed by atoms with Gasteiger partial charge in [-0.05, 0) is 6.92 Å². The van der Waals surface area contributed by atoms with Crippen molar-refractivity contribution in [3.05, 3.63) is 17.3 Å². The Morgan fingerprint density at radius 3 is 2.33 bits per heavy atom. The van der Waals surface area contributed by atoms with E-state index in [-0.39, 0.29) is 5.15 Å². The molecule has 0 saturated carbocycles. The van der Waals surface area contributed by atoms with E-state index in [9.17, 15) is 10.2 Å². The summed E-state index contributed by atoms with van der Waals surface area (Å²) in [5.41, 5.74) is 0.785. The van der Waals surface area contributed by atoms with E-state index in [0.29, 0.717) is 17.0 Å². The van der Waals surface area contributed by atoms with Gasteiger partial charge in [0.05, 0.1) is 12.9 Å². The average molecular weight is 361 g/mol. The molecular formula is C15H25ClN4O4. The monoisotopic (exact) mass is 360 g/mol. The summed E-state index contributed by atoms with van der Waals surface area (Å²) in [6, 6.07) is 0.